The summed E-state index contributed by atoms with van der Waals surface area (Å²) in [7, 11) is 3.23. The van der Waals surface area contributed by atoms with E-state index in [9.17, 15) is 0 Å². The molecule has 130 valence electrons. The van der Waals surface area contributed by atoms with Gasteiger partial charge < -0.3 is 14.0 Å². The van der Waals surface area contributed by atoms with Crippen LogP contribution in [0.2, 0.25) is 0 Å². The molecule has 0 spiro atoms. The summed E-state index contributed by atoms with van der Waals surface area (Å²) in [5, 5.41) is 4.12. The van der Waals surface area contributed by atoms with Crippen LogP contribution < -0.4 is 9.47 Å². The summed E-state index contributed by atoms with van der Waals surface area (Å²) < 4.78 is 16.1. The van der Waals surface area contributed by atoms with Crippen LogP contribution in [0.15, 0.2) is 22.7 Å². The van der Waals surface area contributed by atoms with Gasteiger partial charge in [0.25, 0.3) is 0 Å². The number of nitrogens with zero attached hydrogens (tertiary/aromatic N) is 3. The molecule has 0 amide bonds. The lowest BCUT2D eigenvalue weighted by atomic mass is 9.98. The highest BCUT2D eigenvalue weighted by Gasteiger charge is 2.26. The molecule has 0 radical (unpaired) electrons. The molecule has 0 aliphatic carbocycles. The second-order valence-electron chi connectivity index (χ2n) is 6.38. The van der Waals surface area contributed by atoms with Crippen molar-refractivity contribution >= 4 is 0 Å². The standard InChI is InChI=1S/C18H25N3O3/c1-12-6-5-7-13(2)21(12)11-17-19-18(20-24-17)14-8-9-15(22-3)16(10-14)23-4/h8-10,12-13H,5-7,11H2,1-4H3/t12-,13+. The van der Waals surface area contributed by atoms with Crippen LogP contribution in [0.25, 0.3) is 11.4 Å². The quantitative estimate of drug-likeness (QED) is 0.835. The van der Waals surface area contributed by atoms with Crippen molar-refractivity contribution in [3.8, 4) is 22.9 Å². The van der Waals surface area contributed by atoms with E-state index in [0.717, 1.165) is 5.56 Å². The van der Waals surface area contributed by atoms with Gasteiger partial charge in [-0.05, 0) is 44.9 Å². The highest BCUT2D eigenvalue weighted by molar-refractivity contribution is 5.60. The molecule has 3 rings (SSSR count). The van der Waals surface area contributed by atoms with Gasteiger partial charge in [-0.15, -0.1) is 0 Å². The fourth-order valence-electron chi connectivity index (χ4n) is 3.35. The first-order valence-electron chi connectivity index (χ1n) is 8.43. The number of hydrogen-bond donors (Lipinski definition) is 0. The predicted octanol–water partition coefficient (Wildman–Crippen LogP) is 3.52. The zero-order valence-electron chi connectivity index (χ0n) is 14.8. The highest BCUT2D eigenvalue weighted by Crippen LogP contribution is 2.31. The molecule has 1 aromatic carbocycles. The Morgan fingerprint density at radius 1 is 1.12 bits per heavy atom. The minimum atomic E-state index is 0.546. The van der Waals surface area contributed by atoms with E-state index in [0.29, 0.717) is 41.8 Å². The number of hydrogen-bond acceptors (Lipinski definition) is 6. The first-order valence-corrected chi connectivity index (χ1v) is 8.43. The van der Waals surface area contributed by atoms with Gasteiger partial charge in [0, 0.05) is 17.6 Å². The molecule has 1 saturated heterocycles. The molecule has 1 aliphatic heterocycles. The maximum atomic E-state index is 5.47. The predicted molar refractivity (Wildman–Crippen MR) is 91.2 cm³/mol. The summed E-state index contributed by atoms with van der Waals surface area (Å²) in [6, 6.07) is 6.70. The Hall–Kier alpha value is -2.08. The second kappa shape index (κ2) is 7.21. The van der Waals surface area contributed by atoms with Crippen molar-refractivity contribution in [2.45, 2.75) is 51.7 Å². The zero-order valence-corrected chi connectivity index (χ0v) is 14.8. The van der Waals surface area contributed by atoms with E-state index in [2.05, 4.69) is 28.9 Å². The number of methoxy groups -OCH3 is 2. The van der Waals surface area contributed by atoms with Gasteiger partial charge in [0.1, 0.15) is 0 Å². The lowest BCUT2D eigenvalue weighted by molar-refractivity contribution is 0.0825. The minimum Gasteiger partial charge on any atom is -0.493 e. The van der Waals surface area contributed by atoms with Gasteiger partial charge in [-0.2, -0.15) is 4.98 Å². The van der Waals surface area contributed by atoms with E-state index in [4.69, 9.17) is 14.0 Å². The summed E-state index contributed by atoms with van der Waals surface area (Å²) in [4.78, 5) is 7.00. The van der Waals surface area contributed by atoms with E-state index < -0.39 is 0 Å². The SMILES string of the molecule is COc1ccc(-c2noc(CN3[C@H](C)CCC[C@@H]3C)n2)cc1OC. The Bertz CT molecular complexity index is 676. The molecule has 1 aliphatic rings. The fourth-order valence-corrected chi connectivity index (χ4v) is 3.35. The van der Waals surface area contributed by atoms with E-state index in [-0.39, 0.29) is 0 Å². The van der Waals surface area contributed by atoms with Crippen molar-refractivity contribution in [3.05, 3.63) is 24.1 Å². The van der Waals surface area contributed by atoms with Crippen molar-refractivity contribution in [1.29, 1.82) is 0 Å². The third kappa shape index (κ3) is 3.38. The smallest absolute Gasteiger partial charge is 0.241 e. The summed E-state index contributed by atoms with van der Waals surface area (Å²) in [5.74, 6) is 2.56. The molecule has 1 fully saturated rings. The van der Waals surface area contributed by atoms with Crippen LogP contribution in [0.3, 0.4) is 0 Å². The van der Waals surface area contributed by atoms with Crippen LogP contribution in [0.5, 0.6) is 11.5 Å². The van der Waals surface area contributed by atoms with E-state index >= 15 is 0 Å². The Labute approximate surface area is 142 Å². The molecule has 2 aromatic rings. The molecule has 0 bridgehead atoms. The first-order chi connectivity index (χ1) is 11.6. The van der Waals surface area contributed by atoms with E-state index in [1.807, 2.05) is 18.2 Å². The number of aromatic nitrogens is 2. The number of likely N-dealkylation sites (tertiary alicyclic amines) is 1. The molecular formula is C18H25N3O3. The molecule has 2 heterocycles. The van der Waals surface area contributed by atoms with Crippen molar-refractivity contribution < 1.29 is 14.0 Å². The maximum absolute atomic E-state index is 5.47. The maximum Gasteiger partial charge on any atom is 0.241 e. The van der Waals surface area contributed by atoms with Crippen molar-refractivity contribution in [2.75, 3.05) is 14.2 Å². The van der Waals surface area contributed by atoms with Gasteiger partial charge in [-0.25, -0.2) is 0 Å². The highest BCUT2D eigenvalue weighted by atomic mass is 16.5. The van der Waals surface area contributed by atoms with Crippen LogP contribution in [-0.2, 0) is 6.54 Å². The van der Waals surface area contributed by atoms with Gasteiger partial charge in [-0.3, -0.25) is 4.90 Å². The van der Waals surface area contributed by atoms with Crippen LogP contribution in [-0.4, -0.2) is 41.3 Å². The van der Waals surface area contributed by atoms with E-state index in [1.54, 1.807) is 14.2 Å². The van der Waals surface area contributed by atoms with Gasteiger partial charge in [0.2, 0.25) is 11.7 Å². The van der Waals surface area contributed by atoms with Gasteiger partial charge in [0.15, 0.2) is 11.5 Å². The third-order valence-corrected chi connectivity index (χ3v) is 4.80. The molecular weight excluding hydrogens is 306 g/mol. The minimum absolute atomic E-state index is 0.546. The number of ether oxygens (including phenoxy) is 2. The lowest BCUT2D eigenvalue weighted by Crippen LogP contribution is -2.43. The summed E-state index contributed by atoms with van der Waals surface area (Å²) in [5.41, 5.74) is 0.849. The summed E-state index contributed by atoms with van der Waals surface area (Å²) >= 11 is 0. The number of piperidine rings is 1. The van der Waals surface area contributed by atoms with Gasteiger partial charge in [0.05, 0.1) is 20.8 Å². The zero-order chi connectivity index (χ0) is 17.1. The molecule has 6 heteroatoms. The fraction of sp³-hybridized carbons (Fsp3) is 0.556. The summed E-state index contributed by atoms with van der Waals surface area (Å²) in [6.07, 6.45) is 3.74. The molecule has 2 atom stereocenters. The van der Waals surface area contributed by atoms with Crippen molar-refractivity contribution in [1.82, 2.24) is 15.0 Å². The average molecular weight is 331 g/mol. The lowest BCUT2D eigenvalue weighted by Gasteiger charge is -2.37. The van der Waals surface area contributed by atoms with Gasteiger partial charge >= 0.3 is 0 Å². The topological polar surface area (TPSA) is 60.6 Å². The normalized spacial score (nSPS) is 21.7. The Morgan fingerprint density at radius 3 is 2.50 bits per heavy atom. The average Bonchev–Trinajstić information content (AvgIpc) is 3.06. The van der Waals surface area contributed by atoms with Crippen molar-refractivity contribution in [3.63, 3.8) is 0 Å². The number of benzene rings is 1. The number of rotatable bonds is 5. The van der Waals surface area contributed by atoms with Crippen molar-refractivity contribution in [2.24, 2.45) is 0 Å². The summed E-state index contributed by atoms with van der Waals surface area (Å²) in [6.45, 7) is 5.23. The van der Waals surface area contributed by atoms with Crippen LogP contribution in [0, 0.1) is 0 Å². The van der Waals surface area contributed by atoms with Crippen LogP contribution in [0.1, 0.15) is 39.0 Å². The molecule has 1 aromatic heterocycles. The molecule has 24 heavy (non-hydrogen) atoms. The largest absolute Gasteiger partial charge is 0.493 e. The molecule has 6 nitrogen and oxygen atoms in total. The Kier molecular flexibility index (Phi) is 5.04. The molecule has 0 saturated carbocycles. The Morgan fingerprint density at radius 2 is 1.83 bits per heavy atom. The monoisotopic (exact) mass is 331 g/mol. The second-order valence-corrected chi connectivity index (χ2v) is 6.38. The molecule has 0 N–H and O–H groups in total. The first kappa shape index (κ1) is 16.8. The van der Waals surface area contributed by atoms with E-state index in [1.165, 1.54) is 19.3 Å². The third-order valence-electron chi connectivity index (χ3n) is 4.80. The molecule has 0 unspecified atom stereocenters. The Balaban J connectivity index is 1.78. The van der Waals surface area contributed by atoms with Gasteiger partial charge in [-0.1, -0.05) is 11.6 Å². The van der Waals surface area contributed by atoms with Crippen LogP contribution in [0.4, 0.5) is 0 Å². The van der Waals surface area contributed by atoms with Crippen LogP contribution >= 0.6 is 0 Å².